The number of azide groups is 1. The zero-order valence-corrected chi connectivity index (χ0v) is 18.3. The van der Waals surface area contributed by atoms with E-state index in [9.17, 15) is 8.42 Å². The van der Waals surface area contributed by atoms with E-state index in [1.807, 2.05) is 37.3 Å². The number of benzene rings is 2. The SMILES string of the molecule is CO[C@@H]1O[C@H]2CO[C@@H](c3ccccc3)O[C@@H]2[C@H](OS(=O)(=O)c2ccc(C)cc2)[C@H]1N=[N+]=[N-]. The molecule has 0 unspecified atom stereocenters. The van der Waals surface area contributed by atoms with E-state index in [-0.39, 0.29) is 11.5 Å². The van der Waals surface area contributed by atoms with Crippen LogP contribution in [0.5, 0.6) is 0 Å². The van der Waals surface area contributed by atoms with Crippen LogP contribution in [0.4, 0.5) is 0 Å². The van der Waals surface area contributed by atoms with Crippen molar-refractivity contribution < 1.29 is 31.5 Å². The molecule has 10 nitrogen and oxygen atoms in total. The van der Waals surface area contributed by atoms with Crippen LogP contribution >= 0.6 is 0 Å². The van der Waals surface area contributed by atoms with E-state index in [1.54, 1.807) is 12.1 Å². The molecule has 2 aromatic rings. The van der Waals surface area contributed by atoms with Gasteiger partial charge in [-0.15, -0.1) is 0 Å². The highest BCUT2D eigenvalue weighted by Gasteiger charge is 2.52. The van der Waals surface area contributed by atoms with Gasteiger partial charge in [0, 0.05) is 17.6 Å². The van der Waals surface area contributed by atoms with Gasteiger partial charge >= 0.3 is 0 Å². The number of nitrogens with zero attached hydrogens (tertiary/aromatic N) is 3. The molecule has 6 atom stereocenters. The molecule has 0 aliphatic carbocycles. The summed E-state index contributed by atoms with van der Waals surface area (Å²) in [5.41, 5.74) is 10.8. The fourth-order valence-corrected chi connectivity index (χ4v) is 4.83. The average molecular weight is 461 g/mol. The Labute approximate surface area is 185 Å². The summed E-state index contributed by atoms with van der Waals surface area (Å²) >= 11 is 0. The van der Waals surface area contributed by atoms with E-state index in [4.69, 9.17) is 28.7 Å². The minimum Gasteiger partial charge on any atom is -0.355 e. The first-order valence-corrected chi connectivity index (χ1v) is 11.4. The molecule has 0 saturated carbocycles. The lowest BCUT2D eigenvalue weighted by molar-refractivity contribution is -0.335. The molecule has 0 amide bonds. The van der Waals surface area contributed by atoms with Crippen molar-refractivity contribution in [3.8, 4) is 0 Å². The lowest BCUT2D eigenvalue weighted by Gasteiger charge is -2.47. The summed E-state index contributed by atoms with van der Waals surface area (Å²) in [6.07, 6.45) is -4.58. The smallest absolute Gasteiger partial charge is 0.297 e. The molecule has 0 radical (unpaired) electrons. The highest BCUT2D eigenvalue weighted by molar-refractivity contribution is 7.86. The van der Waals surface area contributed by atoms with Crippen LogP contribution < -0.4 is 0 Å². The van der Waals surface area contributed by atoms with Crippen molar-refractivity contribution in [1.29, 1.82) is 0 Å². The molecular formula is C21H23N3O7S. The van der Waals surface area contributed by atoms with Gasteiger partial charge in [-0.2, -0.15) is 8.42 Å². The van der Waals surface area contributed by atoms with Crippen molar-refractivity contribution >= 4 is 10.1 Å². The summed E-state index contributed by atoms with van der Waals surface area (Å²) in [4.78, 5) is 2.82. The average Bonchev–Trinajstić information content (AvgIpc) is 2.81. The second-order valence-corrected chi connectivity index (χ2v) is 9.05. The van der Waals surface area contributed by atoms with Gasteiger partial charge in [0.25, 0.3) is 10.1 Å². The number of hydrogen-bond donors (Lipinski definition) is 0. The molecule has 4 rings (SSSR count). The Morgan fingerprint density at radius 3 is 2.47 bits per heavy atom. The third-order valence-electron chi connectivity index (χ3n) is 5.34. The quantitative estimate of drug-likeness (QED) is 0.279. The molecule has 2 fully saturated rings. The van der Waals surface area contributed by atoms with Gasteiger partial charge in [0.2, 0.25) is 0 Å². The predicted molar refractivity (Wildman–Crippen MR) is 112 cm³/mol. The normalized spacial score (nSPS) is 30.2. The van der Waals surface area contributed by atoms with Crippen molar-refractivity contribution in [3.63, 3.8) is 0 Å². The maximum Gasteiger partial charge on any atom is 0.297 e. The molecule has 2 heterocycles. The molecule has 2 aliphatic heterocycles. The Hall–Kier alpha value is -2.50. The summed E-state index contributed by atoms with van der Waals surface area (Å²) < 4.78 is 54.8. The summed E-state index contributed by atoms with van der Waals surface area (Å²) in [6.45, 7) is 1.96. The fraction of sp³-hybridized carbons (Fsp3) is 0.429. The molecule has 2 aromatic carbocycles. The summed E-state index contributed by atoms with van der Waals surface area (Å²) in [6, 6.07) is 14.3. The molecule has 32 heavy (non-hydrogen) atoms. The van der Waals surface area contributed by atoms with Crippen LogP contribution in [0.3, 0.4) is 0 Å². The Morgan fingerprint density at radius 1 is 1.09 bits per heavy atom. The van der Waals surface area contributed by atoms with Gasteiger partial charge in [0.05, 0.1) is 11.5 Å². The molecule has 0 spiro atoms. The molecular weight excluding hydrogens is 438 g/mol. The monoisotopic (exact) mass is 461 g/mol. The first-order valence-electron chi connectivity index (χ1n) is 9.97. The minimum absolute atomic E-state index is 0.0218. The van der Waals surface area contributed by atoms with E-state index < -0.39 is 47.1 Å². The topological polar surface area (TPSA) is 129 Å². The highest BCUT2D eigenvalue weighted by atomic mass is 32.2. The Morgan fingerprint density at radius 2 is 1.81 bits per heavy atom. The Bertz CT molecular complexity index is 1070. The largest absolute Gasteiger partial charge is 0.355 e. The number of fused-ring (bicyclic) bond motifs is 1. The highest BCUT2D eigenvalue weighted by Crippen LogP contribution is 2.37. The van der Waals surface area contributed by atoms with Crippen LogP contribution in [0.2, 0.25) is 0 Å². The Kier molecular flexibility index (Phi) is 6.77. The van der Waals surface area contributed by atoms with E-state index in [0.29, 0.717) is 0 Å². The van der Waals surface area contributed by atoms with Gasteiger partial charge in [-0.1, -0.05) is 53.1 Å². The van der Waals surface area contributed by atoms with Gasteiger partial charge in [-0.25, -0.2) is 0 Å². The third kappa shape index (κ3) is 4.64. The lowest BCUT2D eigenvalue weighted by atomic mass is 9.96. The number of hydrogen-bond acceptors (Lipinski definition) is 8. The van der Waals surface area contributed by atoms with Crippen molar-refractivity contribution in [2.45, 2.75) is 48.8 Å². The van der Waals surface area contributed by atoms with Crippen LogP contribution in [-0.4, -0.2) is 52.8 Å². The number of ether oxygens (including phenoxy) is 4. The predicted octanol–water partition coefficient (Wildman–Crippen LogP) is 3.23. The number of aryl methyl sites for hydroxylation is 1. The van der Waals surface area contributed by atoms with E-state index in [0.717, 1.165) is 11.1 Å². The minimum atomic E-state index is -4.21. The van der Waals surface area contributed by atoms with Crippen LogP contribution in [0.15, 0.2) is 64.6 Å². The van der Waals surface area contributed by atoms with Crippen LogP contribution in [-0.2, 0) is 33.2 Å². The van der Waals surface area contributed by atoms with E-state index in [1.165, 1.54) is 19.2 Å². The summed E-state index contributed by atoms with van der Waals surface area (Å²) in [5.74, 6) is 0. The summed E-state index contributed by atoms with van der Waals surface area (Å²) in [7, 11) is -2.84. The molecule has 0 bridgehead atoms. The number of rotatable bonds is 6. The first-order chi connectivity index (χ1) is 15.4. The first kappa shape index (κ1) is 22.7. The third-order valence-corrected chi connectivity index (χ3v) is 6.67. The Balaban J connectivity index is 1.68. The van der Waals surface area contributed by atoms with Gasteiger partial charge < -0.3 is 18.9 Å². The van der Waals surface area contributed by atoms with Crippen molar-refractivity contribution in [2.24, 2.45) is 5.11 Å². The lowest BCUT2D eigenvalue weighted by Crippen LogP contribution is -2.62. The van der Waals surface area contributed by atoms with Gasteiger partial charge in [0.1, 0.15) is 24.4 Å². The fourth-order valence-electron chi connectivity index (χ4n) is 3.73. The molecule has 170 valence electrons. The van der Waals surface area contributed by atoms with Crippen molar-refractivity contribution in [1.82, 2.24) is 0 Å². The maximum absolute atomic E-state index is 13.1. The molecule has 2 aliphatic rings. The van der Waals surface area contributed by atoms with E-state index >= 15 is 0 Å². The second kappa shape index (κ2) is 9.55. The molecule has 2 saturated heterocycles. The zero-order chi connectivity index (χ0) is 22.7. The van der Waals surface area contributed by atoms with Crippen LogP contribution in [0, 0.1) is 6.92 Å². The van der Waals surface area contributed by atoms with Gasteiger partial charge in [0.15, 0.2) is 12.6 Å². The summed E-state index contributed by atoms with van der Waals surface area (Å²) in [5, 5.41) is 3.72. The molecule has 11 heteroatoms. The van der Waals surface area contributed by atoms with Crippen LogP contribution in [0.25, 0.3) is 10.4 Å². The number of methoxy groups -OCH3 is 1. The molecule has 0 aromatic heterocycles. The van der Waals surface area contributed by atoms with Crippen molar-refractivity contribution in [3.05, 3.63) is 76.2 Å². The van der Waals surface area contributed by atoms with Crippen molar-refractivity contribution in [2.75, 3.05) is 13.7 Å². The second-order valence-electron chi connectivity index (χ2n) is 7.48. The van der Waals surface area contributed by atoms with Crippen LogP contribution in [0.1, 0.15) is 17.4 Å². The maximum atomic E-state index is 13.1. The standard InChI is InChI=1S/C21H23N3O7S/c1-13-8-10-15(11-9-13)32(25,26)31-19-17(23-24-22)21(27-2)29-16-12-28-20(30-18(16)19)14-6-4-3-5-7-14/h3-11,16-21H,12H2,1-2H3/t16-,17+,18-,19+,20+,21+/m0/s1. The zero-order valence-electron chi connectivity index (χ0n) is 17.5. The van der Waals surface area contributed by atoms with E-state index in [2.05, 4.69) is 10.0 Å². The van der Waals surface area contributed by atoms with Gasteiger partial charge in [-0.3, -0.25) is 4.18 Å². The molecule has 0 N–H and O–H groups in total. The van der Waals surface area contributed by atoms with Gasteiger partial charge in [-0.05, 0) is 24.6 Å².